The van der Waals surface area contributed by atoms with Crippen LogP contribution in [-0.4, -0.2) is 42.3 Å². The number of benzene rings is 2. The molecule has 0 aliphatic heterocycles. The molecule has 2 atom stereocenters. The maximum atomic E-state index is 13.3. The molecule has 0 saturated carbocycles. The van der Waals surface area contributed by atoms with E-state index in [0.717, 1.165) is 22.3 Å². The van der Waals surface area contributed by atoms with Crippen LogP contribution in [0.25, 0.3) is 11.1 Å². The SMILES string of the molecule is CC(C)C[C@H](NC(=O)OCC1c2ccccc2-c2ccccc21)C(=O)N[C@H](CC(C)C)C(=O)OC(C)(C)C. The maximum Gasteiger partial charge on any atom is 0.407 e. The molecule has 0 saturated heterocycles. The van der Waals surface area contributed by atoms with Gasteiger partial charge in [0.1, 0.15) is 24.3 Å². The number of nitrogens with one attached hydrogen (secondary N) is 2. The van der Waals surface area contributed by atoms with Crippen LogP contribution in [0.3, 0.4) is 0 Å². The summed E-state index contributed by atoms with van der Waals surface area (Å²) in [5.41, 5.74) is 3.85. The van der Waals surface area contributed by atoms with Crippen LogP contribution in [0.4, 0.5) is 4.79 Å². The zero-order valence-corrected chi connectivity index (χ0v) is 23.7. The Labute approximate surface area is 226 Å². The van der Waals surface area contributed by atoms with Gasteiger partial charge < -0.3 is 20.1 Å². The first kappa shape index (κ1) is 29.2. The Kier molecular flexibility index (Phi) is 9.58. The number of alkyl carbamates (subject to hydrolysis) is 1. The number of rotatable bonds is 10. The molecule has 206 valence electrons. The van der Waals surface area contributed by atoms with Crippen molar-refractivity contribution in [1.82, 2.24) is 10.6 Å². The molecule has 0 spiro atoms. The van der Waals surface area contributed by atoms with Crippen LogP contribution in [-0.2, 0) is 19.1 Å². The van der Waals surface area contributed by atoms with Gasteiger partial charge in [-0.15, -0.1) is 0 Å². The molecule has 0 heterocycles. The van der Waals surface area contributed by atoms with Gasteiger partial charge in [-0.1, -0.05) is 76.2 Å². The van der Waals surface area contributed by atoms with Crippen LogP contribution in [0.1, 0.15) is 78.4 Å². The number of hydrogen-bond donors (Lipinski definition) is 2. The summed E-state index contributed by atoms with van der Waals surface area (Å²) in [6, 6.07) is 14.6. The molecule has 7 nitrogen and oxygen atoms in total. The van der Waals surface area contributed by atoms with E-state index in [4.69, 9.17) is 9.47 Å². The molecular formula is C31H42N2O5. The third-order valence-corrected chi connectivity index (χ3v) is 6.37. The van der Waals surface area contributed by atoms with Crippen molar-refractivity contribution in [2.45, 2.75) is 84.9 Å². The molecule has 38 heavy (non-hydrogen) atoms. The van der Waals surface area contributed by atoms with Gasteiger partial charge in [-0.2, -0.15) is 0 Å². The fourth-order valence-electron chi connectivity index (χ4n) is 4.82. The van der Waals surface area contributed by atoms with E-state index >= 15 is 0 Å². The predicted octanol–water partition coefficient (Wildman–Crippen LogP) is 5.81. The second-order valence-corrected chi connectivity index (χ2v) is 11.9. The van der Waals surface area contributed by atoms with Crippen molar-refractivity contribution < 1.29 is 23.9 Å². The fraction of sp³-hybridized carbons (Fsp3) is 0.516. The van der Waals surface area contributed by atoms with Crippen molar-refractivity contribution in [2.24, 2.45) is 11.8 Å². The standard InChI is InChI=1S/C31H42N2O5/c1-19(2)16-26(28(34)32-27(17-20(3)4)29(35)38-31(5,6)7)33-30(36)37-18-25-23-14-10-8-12-21(23)22-13-9-11-15-24(22)25/h8-15,19-20,25-27H,16-18H2,1-7H3,(H,32,34)(H,33,36)/t26-,27+/m0/s1. The molecule has 2 aromatic rings. The molecule has 0 unspecified atom stereocenters. The highest BCUT2D eigenvalue weighted by Crippen LogP contribution is 2.44. The van der Waals surface area contributed by atoms with Crippen molar-refractivity contribution in [1.29, 1.82) is 0 Å². The predicted molar refractivity (Wildman–Crippen MR) is 149 cm³/mol. The molecule has 2 amide bonds. The lowest BCUT2D eigenvalue weighted by Gasteiger charge is -2.27. The van der Waals surface area contributed by atoms with E-state index in [9.17, 15) is 14.4 Å². The first-order valence-electron chi connectivity index (χ1n) is 13.5. The van der Waals surface area contributed by atoms with Crippen molar-refractivity contribution in [3.63, 3.8) is 0 Å². The summed E-state index contributed by atoms with van der Waals surface area (Å²) in [4.78, 5) is 39.0. The van der Waals surface area contributed by atoms with E-state index < -0.39 is 35.7 Å². The number of amides is 2. The Bertz CT molecular complexity index is 1090. The zero-order valence-electron chi connectivity index (χ0n) is 23.7. The van der Waals surface area contributed by atoms with E-state index in [-0.39, 0.29) is 24.4 Å². The van der Waals surface area contributed by atoms with Crippen LogP contribution in [0.15, 0.2) is 48.5 Å². The van der Waals surface area contributed by atoms with Gasteiger partial charge in [0.15, 0.2) is 0 Å². The Morgan fingerprint density at radius 2 is 1.29 bits per heavy atom. The van der Waals surface area contributed by atoms with Crippen LogP contribution < -0.4 is 10.6 Å². The van der Waals surface area contributed by atoms with E-state index in [2.05, 4.69) is 34.9 Å². The summed E-state index contributed by atoms with van der Waals surface area (Å²) in [5, 5.41) is 5.56. The van der Waals surface area contributed by atoms with Gasteiger partial charge in [0.2, 0.25) is 5.91 Å². The Morgan fingerprint density at radius 1 is 0.789 bits per heavy atom. The molecule has 2 aromatic carbocycles. The van der Waals surface area contributed by atoms with E-state index in [1.807, 2.05) is 52.0 Å². The van der Waals surface area contributed by atoms with Gasteiger partial charge in [0.25, 0.3) is 0 Å². The zero-order chi connectivity index (χ0) is 28.0. The molecule has 0 bridgehead atoms. The van der Waals surface area contributed by atoms with Crippen molar-refractivity contribution in [3.8, 4) is 11.1 Å². The smallest absolute Gasteiger partial charge is 0.407 e. The number of ether oxygens (including phenoxy) is 2. The number of carbonyl (C=O) groups is 3. The van der Waals surface area contributed by atoms with Crippen molar-refractivity contribution in [3.05, 3.63) is 59.7 Å². The van der Waals surface area contributed by atoms with Gasteiger partial charge in [-0.3, -0.25) is 4.79 Å². The molecule has 2 N–H and O–H groups in total. The summed E-state index contributed by atoms with van der Waals surface area (Å²) in [7, 11) is 0. The lowest BCUT2D eigenvalue weighted by Crippen LogP contribution is -2.53. The molecule has 7 heteroatoms. The number of fused-ring (bicyclic) bond motifs is 3. The number of hydrogen-bond acceptors (Lipinski definition) is 5. The van der Waals surface area contributed by atoms with Crippen LogP contribution in [0, 0.1) is 11.8 Å². The highest BCUT2D eigenvalue weighted by atomic mass is 16.6. The van der Waals surface area contributed by atoms with Crippen LogP contribution in [0.2, 0.25) is 0 Å². The molecular weight excluding hydrogens is 480 g/mol. The van der Waals surface area contributed by atoms with Crippen LogP contribution >= 0.6 is 0 Å². The summed E-state index contributed by atoms with van der Waals surface area (Å²) >= 11 is 0. The van der Waals surface area contributed by atoms with Gasteiger partial charge in [-0.05, 0) is 67.7 Å². The second-order valence-electron chi connectivity index (χ2n) is 11.9. The second kappa shape index (κ2) is 12.5. The Morgan fingerprint density at radius 3 is 1.79 bits per heavy atom. The third-order valence-electron chi connectivity index (χ3n) is 6.37. The van der Waals surface area contributed by atoms with Gasteiger partial charge in [0, 0.05) is 5.92 Å². The summed E-state index contributed by atoms with van der Waals surface area (Å²) < 4.78 is 11.2. The third kappa shape index (κ3) is 7.83. The van der Waals surface area contributed by atoms with Crippen molar-refractivity contribution >= 4 is 18.0 Å². The summed E-state index contributed by atoms with van der Waals surface area (Å²) in [6.07, 6.45) is 0.170. The maximum absolute atomic E-state index is 13.3. The normalized spacial score (nSPS) is 14.4. The number of esters is 1. The van der Waals surface area contributed by atoms with E-state index in [1.165, 1.54) is 0 Å². The van der Waals surface area contributed by atoms with Crippen LogP contribution in [0.5, 0.6) is 0 Å². The first-order chi connectivity index (χ1) is 17.9. The minimum atomic E-state index is -0.845. The molecule has 1 aliphatic rings. The van der Waals surface area contributed by atoms with Gasteiger partial charge in [-0.25, -0.2) is 9.59 Å². The minimum Gasteiger partial charge on any atom is -0.458 e. The monoisotopic (exact) mass is 522 g/mol. The van der Waals surface area contributed by atoms with Gasteiger partial charge >= 0.3 is 12.1 Å². The summed E-state index contributed by atoms with van der Waals surface area (Å²) in [6.45, 7) is 13.4. The topological polar surface area (TPSA) is 93.7 Å². The molecule has 0 radical (unpaired) electrons. The quantitative estimate of drug-likeness (QED) is 0.384. The lowest BCUT2D eigenvalue weighted by molar-refractivity contribution is -0.159. The molecule has 0 fully saturated rings. The largest absolute Gasteiger partial charge is 0.458 e. The molecule has 3 rings (SSSR count). The van der Waals surface area contributed by atoms with Crippen molar-refractivity contribution in [2.75, 3.05) is 6.61 Å². The van der Waals surface area contributed by atoms with E-state index in [1.54, 1.807) is 20.8 Å². The summed E-state index contributed by atoms with van der Waals surface area (Å²) in [5.74, 6) is -0.697. The average Bonchev–Trinajstić information content (AvgIpc) is 3.14. The average molecular weight is 523 g/mol. The molecule has 0 aromatic heterocycles. The minimum absolute atomic E-state index is 0.0758. The fourth-order valence-corrected chi connectivity index (χ4v) is 4.82. The highest BCUT2D eigenvalue weighted by molar-refractivity contribution is 5.89. The molecule has 1 aliphatic carbocycles. The lowest BCUT2D eigenvalue weighted by atomic mass is 9.98. The highest BCUT2D eigenvalue weighted by Gasteiger charge is 2.32. The Balaban J connectivity index is 1.68. The number of carbonyl (C=O) groups excluding carboxylic acids is 3. The van der Waals surface area contributed by atoms with E-state index in [0.29, 0.717) is 12.8 Å². The Hall–Kier alpha value is -3.35. The first-order valence-corrected chi connectivity index (χ1v) is 13.5. The van der Waals surface area contributed by atoms with Gasteiger partial charge in [0.05, 0.1) is 0 Å².